The van der Waals surface area contributed by atoms with Crippen molar-refractivity contribution in [2.75, 3.05) is 0 Å². The summed E-state index contributed by atoms with van der Waals surface area (Å²) >= 11 is 1.86. The molecule has 203 valence electrons. The van der Waals surface area contributed by atoms with E-state index in [0.717, 1.165) is 22.5 Å². The van der Waals surface area contributed by atoms with Gasteiger partial charge in [0.05, 0.1) is 0 Å². The van der Waals surface area contributed by atoms with E-state index in [9.17, 15) is 0 Å². The molecule has 0 saturated heterocycles. The first-order valence-electron chi connectivity index (χ1n) is 13.5. The van der Waals surface area contributed by atoms with Crippen LogP contribution in [-0.2, 0) is 20.1 Å². The van der Waals surface area contributed by atoms with Crippen LogP contribution in [-0.4, -0.2) is 9.97 Å². The van der Waals surface area contributed by atoms with Gasteiger partial charge in [0.15, 0.2) is 0 Å². The molecule has 0 aliphatic rings. The largest absolute Gasteiger partial charge is 0.305 e. The Morgan fingerprint density at radius 1 is 0.548 bits per heavy atom. The summed E-state index contributed by atoms with van der Waals surface area (Å²) in [7, 11) is 0. The molecule has 3 aromatic heterocycles. The van der Waals surface area contributed by atoms with Gasteiger partial charge in [-0.2, -0.15) is 0 Å². The minimum absolute atomic E-state index is 0. The molecule has 0 N–H and O–H groups in total. The summed E-state index contributed by atoms with van der Waals surface area (Å²) in [5.74, 6) is 0. The van der Waals surface area contributed by atoms with Gasteiger partial charge >= 0.3 is 0 Å². The van der Waals surface area contributed by atoms with Crippen LogP contribution in [0.15, 0.2) is 146 Å². The fraction of sp³-hybridized carbons (Fsp3) is 0. The number of fused-ring (bicyclic) bond motifs is 4. The van der Waals surface area contributed by atoms with E-state index in [-0.39, 0.29) is 20.1 Å². The van der Waals surface area contributed by atoms with Gasteiger partial charge in [-0.1, -0.05) is 78.4 Å². The van der Waals surface area contributed by atoms with E-state index in [4.69, 9.17) is 0 Å². The summed E-state index contributed by atoms with van der Waals surface area (Å²) in [5.41, 5.74) is 6.49. The Morgan fingerprint density at radius 2 is 1.33 bits per heavy atom. The quantitative estimate of drug-likeness (QED) is 0.169. The average Bonchev–Trinajstić information content (AvgIpc) is 3.45. The Labute approximate surface area is 262 Å². The van der Waals surface area contributed by atoms with E-state index < -0.39 is 0 Å². The van der Waals surface area contributed by atoms with E-state index in [0.29, 0.717) is 0 Å². The van der Waals surface area contributed by atoms with Crippen LogP contribution in [0.5, 0.6) is 0 Å². The smallest absolute Gasteiger partial charge is 0.0417 e. The summed E-state index contributed by atoms with van der Waals surface area (Å²) in [6.07, 6.45) is 3.67. The van der Waals surface area contributed by atoms with Crippen LogP contribution in [0, 0.1) is 12.1 Å². The van der Waals surface area contributed by atoms with E-state index in [2.05, 4.69) is 88.8 Å². The number of rotatable bonds is 3. The molecule has 42 heavy (non-hydrogen) atoms. The molecule has 0 unspecified atom stereocenters. The van der Waals surface area contributed by atoms with Crippen LogP contribution in [0.1, 0.15) is 0 Å². The first-order valence-corrected chi connectivity index (χ1v) is 14.3. The number of pyridine rings is 2. The Kier molecular flexibility index (Phi) is 8.30. The molecule has 8 aromatic rings. The van der Waals surface area contributed by atoms with E-state index in [1.165, 1.54) is 42.1 Å². The van der Waals surface area contributed by atoms with Gasteiger partial charge in [-0.05, 0) is 45.9 Å². The Morgan fingerprint density at radius 3 is 2.19 bits per heavy atom. The Hall–Kier alpha value is -4.47. The molecule has 0 fully saturated rings. The van der Waals surface area contributed by atoms with Gasteiger partial charge in [-0.15, -0.1) is 77.1 Å². The van der Waals surface area contributed by atoms with Crippen molar-refractivity contribution < 1.29 is 20.1 Å². The zero-order valence-electron chi connectivity index (χ0n) is 22.5. The maximum atomic E-state index is 4.45. The van der Waals surface area contributed by atoms with Gasteiger partial charge in [0.1, 0.15) is 0 Å². The summed E-state index contributed by atoms with van der Waals surface area (Å²) in [5, 5.41) is 5.04. The first kappa shape index (κ1) is 27.7. The first-order chi connectivity index (χ1) is 20.3. The average molecular weight is 733 g/mol. The van der Waals surface area contributed by atoms with Gasteiger partial charge in [0, 0.05) is 52.7 Å². The minimum atomic E-state index is 0. The van der Waals surface area contributed by atoms with Crippen LogP contribution in [0.25, 0.3) is 64.6 Å². The standard InChI is InChI=1S/C23H14NS.C15H10N.Ir/c1-2-13-22-19(9-1)20-11-6-10-18(23(20)25-22)16-7-5-8-17(15-16)21-12-3-4-14-24-21;1-2-7-13(8-3-1)15-14-9-5-4-6-12(14)10-11-16-15;/h1-7,9-15H;1-7,9-11H;/q2*-1;. The second kappa shape index (κ2) is 12.6. The minimum Gasteiger partial charge on any atom is -0.305 e. The zero-order chi connectivity index (χ0) is 27.4. The van der Waals surface area contributed by atoms with Crippen molar-refractivity contribution in [3.63, 3.8) is 0 Å². The maximum absolute atomic E-state index is 4.45. The fourth-order valence-electron chi connectivity index (χ4n) is 5.15. The van der Waals surface area contributed by atoms with Gasteiger partial charge < -0.3 is 9.97 Å². The van der Waals surface area contributed by atoms with Crippen molar-refractivity contribution in [1.29, 1.82) is 0 Å². The predicted molar refractivity (Wildman–Crippen MR) is 173 cm³/mol. The van der Waals surface area contributed by atoms with Crippen LogP contribution in [0.2, 0.25) is 0 Å². The molecule has 0 aliphatic heterocycles. The van der Waals surface area contributed by atoms with E-state index in [1.807, 2.05) is 90.5 Å². The monoisotopic (exact) mass is 733 g/mol. The second-order valence-electron chi connectivity index (χ2n) is 9.64. The number of benzene rings is 5. The van der Waals surface area contributed by atoms with Gasteiger partial charge in [0.25, 0.3) is 0 Å². The number of hydrogen-bond donors (Lipinski definition) is 0. The van der Waals surface area contributed by atoms with Crippen LogP contribution in [0.3, 0.4) is 0 Å². The number of nitrogens with zero attached hydrogens (tertiary/aromatic N) is 2. The van der Waals surface area contributed by atoms with Crippen LogP contribution < -0.4 is 0 Å². The third-order valence-electron chi connectivity index (χ3n) is 7.10. The summed E-state index contributed by atoms with van der Waals surface area (Å²) in [4.78, 5) is 8.90. The zero-order valence-corrected chi connectivity index (χ0v) is 25.7. The van der Waals surface area contributed by atoms with Crippen molar-refractivity contribution in [1.82, 2.24) is 9.97 Å². The molecular weight excluding hydrogens is 709 g/mol. The number of thiophene rings is 1. The second-order valence-corrected chi connectivity index (χ2v) is 10.7. The van der Waals surface area contributed by atoms with E-state index >= 15 is 0 Å². The third-order valence-corrected chi connectivity index (χ3v) is 8.32. The Balaban J connectivity index is 0.000000161. The third kappa shape index (κ3) is 5.53. The molecule has 0 aliphatic carbocycles. The fourth-order valence-corrected chi connectivity index (χ4v) is 6.39. The van der Waals surface area contributed by atoms with Crippen molar-refractivity contribution in [3.8, 4) is 33.6 Å². The molecule has 2 nitrogen and oxygen atoms in total. The normalized spacial score (nSPS) is 10.7. The van der Waals surface area contributed by atoms with Crippen molar-refractivity contribution in [2.45, 2.75) is 0 Å². The SMILES string of the molecule is [Ir].[c-]1ccc(-c2cccc3c2sc2ccccc23)cc1-c1ccccn1.[c-]1ccccc1-c1nccc2ccccc12. The number of aromatic nitrogens is 2. The molecule has 4 heteroatoms. The predicted octanol–water partition coefficient (Wildman–Crippen LogP) is 10.3. The maximum Gasteiger partial charge on any atom is 0.0417 e. The molecule has 0 bridgehead atoms. The molecule has 5 aromatic carbocycles. The van der Waals surface area contributed by atoms with Crippen molar-refractivity contribution >= 4 is 42.3 Å². The molecule has 0 atom stereocenters. The van der Waals surface area contributed by atoms with Gasteiger partial charge in [-0.3, -0.25) is 0 Å². The molecular formula is C38H24IrN2S-2. The van der Waals surface area contributed by atoms with Gasteiger partial charge in [-0.25, -0.2) is 0 Å². The molecule has 8 rings (SSSR count). The molecule has 1 radical (unpaired) electrons. The topological polar surface area (TPSA) is 25.8 Å². The molecule has 3 heterocycles. The summed E-state index contributed by atoms with van der Waals surface area (Å²) in [6.45, 7) is 0. The summed E-state index contributed by atoms with van der Waals surface area (Å²) in [6, 6.07) is 52.2. The molecule has 0 saturated carbocycles. The summed E-state index contributed by atoms with van der Waals surface area (Å²) < 4.78 is 2.67. The number of hydrogen-bond acceptors (Lipinski definition) is 3. The van der Waals surface area contributed by atoms with Gasteiger partial charge in [0.2, 0.25) is 0 Å². The van der Waals surface area contributed by atoms with Crippen LogP contribution in [0.4, 0.5) is 0 Å². The molecule has 0 spiro atoms. The Bertz CT molecular complexity index is 2100. The van der Waals surface area contributed by atoms with E-state index in [1.54, 1.807) is 0 Å². The molecule has 0 amide bonds. The van der Waals surface area contributed by atoms with Crippen molar-refractivity contribution in [2.24, 2.45) is 0 Å². The van der Waals surface area contributed by atoms with Crippen molar-refractivity contribution in [3.05, 3.63) is 158 Å². The van der Waals surface area contributed by atoms with Crippen LogP contribution >= 0.6 is 11.3 Å².